The first kappa shape index (κ1) is 27.6. The molecule has 2 aromatic heterocycles. The number of benzene rings is 3. The van der Waals surface area contributed by atoms with Gasteiger partial charge in [0.1, 0.15) is 11.3 Å². The van der Waals surface area contributed by atoms with Crippen LogP contribution in [0.3, 0.4) is 0 Å². The number of anilines is 1. The van der Waals surface area contributed by atoms with Gasteiger partial charge in [-0.3, -0.25) is 0 Å². The fourth-order valence-corrected chi connectivity index (χ4v) is 9.30. The highest BCUT2D eigenvalue weighted by molar-refractivity contribution is 6.10. The van der Waals surface area contributed by atoms with Crippen LogP contribution < -0.4 is 4.90 Å². The highest BCUT2D eigenvalue weighted by Gasteiger charge is 2.46. The summed E-state index contributed by atoms with van der Waals surface area (Å²) in [6.07, 6.45) is 28.0. The van der Waals surface area contributed by atoms with Crippen LogP contribution in [0.5, 0.6) is 0 Å². The van der Waals surface area contributed by atoms with E-state index in [2.05, 4.69) is 150 Å². The van der Waals surface area contributed by atoms with Crippen molar-refractivity contribution in [2.75, 3.05) is 4.90 Å². The molecule has 5 aliphatic rings. The van der Waals surface area contributed by atoms with Crippen molar-refractivity contribution in [3.63, 3.8) is 0 Å². The van der Waals surface area contributed by atoms with Crippen LogP contribution in [0.4, 0.5) is 5.69 Å². The van der Waals surface area contributed by atoms with E-state index in [1.165, 1.54) is 55.3 Å². The van der Waals surface area contributed by atoms with Gasteiger partial charge in [0.2, 0.25) is 0 Å². The summed E-state index contributed by atoms with van der Waals surface area (Å²) in [5.41, 5.74) is 10.8. The van der Waals surface area contributed by atoms with Crippen molar-refractivity contribution in [1.29, 1.82) is 5.26 Å². The third-order valence-corrected chi connectivity index (χ3v) is 11.3. The number of fused-ring (bicyclic) bond motifs is 10. The van der Waals surface area contributed by atoms with Gasteiger partial charge in [-0.05, 0) is 78.8 Å². The van der Waals surface area contributed by atoms with Crippen LogP contribution >= 0.6 is 0 Å². The topological polar surface area (TPSA) is 45.1 Å². The molecule has 3 heterocycles. The van der Waals surface area contributed by atoms with Crippen LogP contribution in [-0.4, -0.2) is 16.7 Å². The fraction of sp³-hybridized carbons (Fsp3) is 0.205. The number of para-hydroxylation sites is 2. The minimum Gasteiger partial charge on any atom is -0.456 e. The highest BCUT2D eigenvalue weighted by atomic mass is 16.3. The molecule has 0 saturated heterocycles. The first-order valence-electron chi connectivity index (χ1n) is 17.3. The Balaban J connectivity index is 1.08. The van der Waals surface area contributed by atoms with Gasteiger partial charge in [-0.15, -0.1) is 0 Å². The molecule has 4 nitrogen and oxygen atoms in total. The molecule has 0 radical (unpaired) electrons. The number of hydrogen-bond acceptors (Lipinski definition) is 3. The van der Waals surface area contributed by atoms with Crippen molar-refractivity contribution >= 4 is 50.2 Å². The maximum absolute atomic E-state index is 10.2. The monoisotopic (exact) mass is 621 g/mol. The molecule has 5 unspecified atom stereocenters. The summed E-state index contributed by atoms with van der Waals surface area (Å²) in [7, 11) is 0. The molecule has 10 rings (SSSR count). The van der Waals surface area contributed by atoms with Gasteiger partial charge in [-0.25, -0.2) is 0 Å². The summed E-state index contributed by atoms with van der Waals surface area (Å²) in [6.45, 7) is 2.29. The SMILES string of the molecule is CC1C=C(C#N)C=C(C2C=CC(n3c4ccccc4c4ccccc43)=CC2)C1N1c2ccc3oc4c(c3c2C2C=CC=CC21)CCC=C4. The molecule has 4 heteroatoms. The van der Waals surface area contributed by atoms with Crippen molar-refractivity contribution in [2.45, 2.75) is 44.2 Å². The Hall–Kier alpha value is -5.53. The lowest BCUT2D eigenvalue weighted by Crippen LogP contribution is -2.47. The van der Waals surface area contributed by atoms with E-state index in [0.717, 1.165) is 36.2 Å². The zero-order valence-electron chi connectivity index (χ0n) is 26.9. The summed E-state index contributed by atoms with van der Waals surface area (Å²) < 4.78 is 8.82. The normalized spacial score (nSPS) is 25.5. The van der Waals surface area contributed by atoms with Gasteiger partial charge in [0.05, 0.1) is 29.2 Å². The number of nitriles is 1. The van der Waals surface area contributed by atoms with E-state index in [4.69, 9.17) is 4.42 Å². The van der Waals surface area contributed by atoms with E-state index in [1.54, 1.807) is 0 Å². The van der Waals surface area contributed by atoms with Crippen LogP contribution in [-0.2, 0) is 6.42 Å². The van der Waals surface area contributed by atoms with E-state index < -0.39 is 0 Å². The maximum Gasteiger partial charge on any atom is 0.135 e. The number of rotatable bonds is 3. The molecule has 1 aliphatic heterocycles. The van der Waals surface area contributed by atoms with E-state index >= 15 is 0 Å². The van der Waals surface area contributed by atoms with Crippen LogP contribution in [0.15, 0.2) is 137 Å². The first-order chi connectivity index (χ1) is 23.7. The van der Waals surface area contributed by atoms with Crippen molar-refractivity contribution in [3.8, 4) is 6.07 Å². The number of furan rings is 1. The van der Waals surface area contributed by atoms with E-state index in [-0.39, 0.29) is 29.8 Å². The summed E-state index contributed by atoms with van der Waals surface area (Å²) in [4.78, 5) is 2.68. The number of allylic oxidation sites excluding steroid dienone is 9. The molecule has 4 aliphatic carbocycles. The number of hydrogen-bond donors (Lipinski definition) is 0. The fourth-order valence-electron chi connectivity index (χ4n) is 9.30. The molecule has 0 fully saturated rings. The van der Waals surface area contributed by atoms with Crippen LogP contribution in [0.2, 0.25) is 0 Å². The van der Waals surface area contributed by atoms with Gasteiger partial charge in [0, 0.05) is 50.5 Å². The Labute approximate surface area is 280 Å². The quantitative estimate of drug-likeness (QED) is 0.201. The second-order valence-corrected chi connectivity index (χ2v) is 13.8. The Bertz CT molecular complexity index is 2390. The molecule has 48 heavy (non-hydrogen) atoms. The van der Waals surface area contributed by atoms with Gasteiger partial charge >= 0.3 is 0 Å². The largest absolute Gasteiger partial charge is 0.456 e. The summed E-state index contributed by atoms with van der Waals surface area (Å²) in [6, 6.07) is 24.7. The molecule has 5 atom stereocenters. The average Bonchev–Trinajstić information content (AvgIpc) is 3.79. The number of nitrogens with zero attached hydrogens (tertiary/aromatic N) is 3. The minimum absolute atomic E-state index is 0.116. The lowest BCUT2D eigenvalue weighted by Gasteiger charge is -2.43. The zero-order chi connectivity index (χ0) is 31.9. The molecule has 3 aromatic carbocycles. The van der Waals surface area contributed by atoms with Crippen LogP contribution in [0.25, 0.3) is 44.5 Å². The minimum atomic E-state index is 0.116. The lowest BCUT2D eigenvalue weighted by atomic mass is 9.76. The Morgan fingerprint density at radius 1 is 0.896 bits per heavy atom. The first-order valence-corrected chi connectivity index (χ1v) is 17.3. The van der Waals surface area contributed by atoms with E-state index in [1.807, 2.05) is 0 Å². The van der Waals surface area contributed by atoms with Gasteiger partial charge in [0.15, 0.2) is 0 Å². The van der Waals surface area contributed by atoms with Crippen LogP contribution in [0, 0.1) is 23.2 Å². The van der Waals surface area contributed by atoms with Gasteiger partial charge in [0.25, 0.3) is 0 Å². The number of aromatic nitrogens is 1. The van der Waals surface area contributed by atoms with Crippen molar-refractivity contribution in [3.05, 3.63) is 149 Å². The van der Waals surface area contributed by atoms with Crippen LogP contribution in [0.1, 0.15) is 42.6 Å². The Morgan fingerprint density at radius 2 is 1.69 bits per heavy atom. The molecule has 232 valence electrons. The summed E-state index contributed by atoms with van der Waals surface area (Å²) in [5.74, 6) is 1.62. The molecule has 0 N–H and O–H groups in total. The predicted octanol–water partition coefficient (Wildman–Crippen LogP) is 10.4. The molecule has 0 saturated carbocycles. The summed E-state index contributed by atoms with van der Waals surface area (Å²) >= 11 is 0. The molecule has 0 amide bonds. The Morgan fingerprint density at radius 3 is 2.46 bits per heavy atom. The summed E-state index contributed by atoms with van der Waals surface area (Å²) in [5, 5.41) is 14.0. The molecule has 0 spiro atoms. The van der Waals surface area contributed by atoms with Gasteiger partial charge in [-0.2, -0.15) is 5.26 Å². The van der Waals surface area contributed by atoms with Crippen molar-refractivity contribution in [2.24, 2.45) is 11.8 Å². The third-order valence-electron chi connectivity index (χ3n) is 11.3. The second-order valence-electron chi connectivity index (χ2n) is 13.8. The molecular formula is C44H35N3O. The average molecular weight is 622 g/mol. The molecule has 0 bridgehead atoms. The number of aryl methyl sites for hydroxylation is 1. The Kier molecular flexibility index (Phi) is 6.02. The van der Waals surface area contributed by atoms with E-state index in [9.17, 15) is 5.26 Å². The van der Waals surface area contributed by atoms with E-state index in [0.29, 0.717) is 0 Å². The predicted molar refractivity (Wildman–Crippen MR) is 197 cm³/mol. The van der Waals surface area contributed by atoms with Crippen molar-refractivity contribution in [1.82, 2.24) is 4.57 Å². The molecule has 5 aromatic rings. The standard InChI is InChI=1S/C44H35N3O/c1-27-24-28(26-45)25-35(29-18-20-30(21-19-29)46-36-14-6-2-10-31(36)32-11-3-7-15-37(32)46)44(27)47-38-16-8-4-12-33(38)42-39(47)22-23-41-43(42)34-13-5-9-17-40(34)48-41/h2-4,6-12,14-18,20-25,27,29,33,38,44H,5,13,19H2,1H3. The van der Waals surface area contributed by atoms with Crippen molar-refractivity contribution < 1.29 is 4.42 Å². The smallest absolute Gasteiger partial charge is 0.135 e. The second kappa shape index (κ2) is 10.5. The van der Waals surface area contributed by atoms with Gasteiger partial charge in [-0.1, -0.05) is 91.9 Å². The van der Waals surface area contributed by atoms with Gasteiger partial charge < -0.3 is 13.9 Å². The zero-order valence-corrected chi connectivity index (χ0v) is 26.9. The maximum atomic E-state index is 10.2. The third kappa shape index (κ3) is 3.88. The lowest BCUT2D eigenvalue weighted by molar-refractivity contribution is 0.478. The highest BCUT2D eigenvalue weighted by Crippen LogP contribution is 2.53. The molecular weight excluding hydrogens is 587 g/mol.